The van der Waals surface area contributed by atoms with Crippen molar-refractivity contribution in [2.45, 2.75) is 31.8 Å². The molecule has 0 atom stereocenters. The minimum absolute atomic E-state index is 0.200. The Morgan fingerprint density at radius 1 is 1.33 bits per heavy atom. The van der Waals surface area contributed by atoms with Crippen LogP contribution in [0, 0.1) is 19.8 Å². The van der Waals surface area contributed by atoms with Gasteiger partial charge in [0.15, 0.2) is 5.16 Å². The number of rotatable bonds is 5. The normalized spacial score (nSPS) is 16.2. The van der Waals surface area contributed by atoms with Gasteiger partial charge in [-0.15, -0.1) is 0 Å². The number of hydrogen-bond acceptors (Lipinski definition) is 5. The molecule has 116 valence electrons. The molecule has 1 N–H and O–H groups in total. The monoisotopic (exact) mass is 308 g/mol. The summed E-state index contributed by atoms with van der Waals surface area (Å²) in [5.41, 5.74) is 1.90. The van der Waals surface area contributed by atoms with Crippen LogP contribution < -0.4 is 5.32 Å². The van der Waals surface area contributed by atoms with Crippen molar-refractivity contribution in [1.29, 1.82) is 0 Å². The van der Waals surface area contributed by atoms with E-state index in [1.807, 2.05) is 31.9 Å². The fourth-order valence-corrected chi connectivity index (χ4v) is 3.50. The number of piperidine rings is 1. The van der Waals surface area contributed by atoms with Crippen LogP contribution in [0.4, 0.5) is 0 Å². The number of likely N-dealkylation sites (tertiary alicyclic amines) is 1. The molecule has 1 saturated heterocycles. The van der Waals surface area contributed by atoms with Crippen LogP contribution in [0.1, 0.15) is 24.2 Å². The molecule has 2 heterocycles. The van der Waals surface area contributed by atoms with E-state index < -0.39 is 0 Å². The predicted octanol–water partition coefficient (Wildman–Crippen LogP) is 1.64. The minimum atomic E-state index is 0.200. The SMILES string of the molecule is CNCC1CCN(C(=O)CSc2nc(C)cc(C)n2)CC1. The fraction of sp³-hybridized carbons (Fsp3) is 0.667. The largest absolute Gasteiger partial charge is 0.342 e. The number of carbonyl (C=O) groups is 1. The summed E-state index contributed by atoms with van der Waals surface area (Å²) in [5, 5.41) is 3.91. The molecule has 1 aromatic heterocycles. The van der Waals surface area contributed by atoms with Crippen LogP contribution in [-0.4, -0.2) is 53.2 Å². The Hall–Kier alpha value is -1.14. The zero-order valence-electron chi connectivity index (χ0n) is 13.1. The lowest BCUT2D eigenvalue weighted by Crippen LogP contribution is -2.41. The Morgan fingerprint density at radius 2 is 1.95 bits per heavy atom. The summed E-state index contributed by atoms with van der Waals surface area (Å²) in [6.07, 6.45) is 2.19. The lowest BCUT2D eigenvalue weighted by molar-refractivity contribution is -0.129. The smallest absolute Gasteiger partial charge is 0.233 e. The lowest BCUT2D eigenvalue weighted by atomic mass is 9.97. The summed E-state index contributed by atoms with van der Waals surface area (Å²) in [4.78, 5) is 22.9. The van der Waals surface area contributed by atoms with E-state index in [2.05, 4.69) is 15.3 Å². The van der Waals surface area contributed by atoms with Gasteiger partial charge in [0.05, 0.1) is 5.75 Å². The van der Waals surface area contributed by atoms with Crippen LogP contribution in [0.15, 0.2) is 11.2 Å². The van der Waals surface area contributed by atoms with Crippen molar-refractivity contribution in [2.24, 2.45) is 5.92 Å². The molecule has 1 amide bonds. The van der Waals surface area contributed by atoms with Gasteiger partial charge in [-0.05, 0) is 52.3 Å². The van der Waals surface area contributed by atoms with E-state index in [4.69, 9.17) is 0 Å². The van der Waals surface area contributed by atoms with Gasteiger partial charge in [-0.25, -0.2) is 9.97 Å². The standard InChI is InChI=1S/C15H24N4OS/c1-11-8-12(2)18-15(17-11)21-10-14(20)19-6-4-13(5-7-19)9-16-3/h8,13,16H,4-7,9-10H2,1-3H3. The second-order valence-electron chi connectivity index (χ2n) is 5.60. The third kappa shape index (κ3) is 4.97. The van der Waals surface area contributed by atoms with E-state index in [1.165, 1.54) is 11.8 Å². The van der Waals surface area contributed by atoms with E-state index in [-0.39, 0.29) is 5.91 Å². The van der Waals surface area contributed by atoms with Crippen molar-refractivity contribution >= 4 is 17.7 Å². The van der Waals surface area contributed by atoms with Crippen molar-refractivity contribution in [3.05, 3.63) is 17.5 Å². The van der Waals surface area contributed by atoms with E-state index in [9.17, 15) is 4.79 Å². The third-order valence-corrected chi connectivity index (χ3v) is 4.58. The molecule has 6 heteroatoms. The van der Waals surface area contributed by atoms with Gasteiger partial charge < -0.3 is 10.2 Å². The molecule has 21 heavy (non-hydrogen) atoms. The van der Waals surface area contributed by atoms with E-state index >= 15 is 0 Å². The summed E-state index contributed by atoms with van der Waals surface area (Å²) in [6.45, 7) is 6.70. The Kier molecular flexibility index (Phi) is 5.99. The van der Waals surface area contributed by atoms with Gasteiger partial charge in [0.2, 0.25) is 5.91 Å². The van der Waals surface area contributed by atoms with Crippen molar-refractivity contribution in [3.8, 4) is 0 Å². The topological polar surface area (TPSA) is 58.1 Å². The highest BCUT2D eigenvalue weighted by Crippen LogP contribution is 2.19. The van der Waals surface area contributed by atoms with Gasteiger partial charge >= 0.3 is 0 Å². The summed E-state index contributed by atoms with van der Waals surface area (Å²) in [6, 6.07) is 1.94. The summed E-state index contributed by atoms with van der Waals surface area (Å²) < 4.78 is 0. The molecule has 0 spiro atoms. The number of amides is 1. The lowest BCUT2D eigenvalue weighted by Gasteiger charge is -2.31. The summed E-state index contributed by atoms with van der Waals surface area (Å²) in [7, 11) is 1.98. The van der Waals surface area contributed by atoms with Gasteiger partial charge in [0.25, 0.3) is 0 Å². The van der Waals surface area contributed by atoms with Crippen LogP contribution >= 0.6 is 11.8 Å². The number of nitrogens with zero attached hydrogens (tertiary/aromatic N) is 3. The zero-order chi connectivity index (χ0) is 15.2. The third-order valence-electron chi connectivity index (χ3n) is 3.75. The first-order chi connectivity index (χ1) is 10.1. The first kappa shape index (κ1) is 16.2. The van der Waals surface area contributed by atoms with Crippen molar-refractivity contribution in [3.63, 3.8) is 0 Å². The van der Waals surface area contributed by atoms with Crippen LogP contribution in [0.25, 0.3) is 0 Å². The molecular formula is C15H24N4OS. The quantitative estimate of drug-likeness (QED) is 0.662. The van der Waals surface area contributed by atoms with Gasteiger partial charge in [0.1, 0.15) is 0 Å². The molecule has 1 aliphatic rings. The van der Waals surface area contributed by atoms with Gasteiger partial charge in [-0.3, -0.25) is 4.79 Å². The maximum Gasteiger partial charge on any atom is 0.233 e. The molecular weight excluding hydrogens is 284 g/mol. The number of carbonyl (C=O) groups excluding carboxylic acids is 1. The second kappa shape index (κ2) is 7.75. The molecule has 2 rings (SSSR count). The van der Waals surface area contributed by atoms with Crippen LogP contribution in [-0.2, 0) is 4.79 Å². The van der Waals surface area contributed by atoms with Crippen LogP contribution in [0.3, 0.4) is 0 Å². The molecule has 5 nitrogen and oxygen atoms in total. The van der Waals surface area contributed by atoms with Crippen molar-refractivity contribution in [1.82, 2.24) is 20.2 Å². The van der Waals surface area contributed by atoms with E-state index in [0.717, 1.165) is 43.9 Å². The van der Waals surface area contributed by atoms with Gasteiger partial charge in [-0.2, -0.15) is 0 Å². The first-order valence-electron chi connectivity index (χ1n) is 7.46. The highest BCUT2D eigenvalue weighted by Gasteiger charge is 2.22. The van der Waals surface area contributed by atoms with Crippen LogP contribution in [0.2, 0.25) is 0 Å². The summed E-state index contributed by atoms with van der Waals surface area (Å²) in [5.74, 6) is 1.33. The number of nitrogens with one attached hydrogen (secondary N) is 1. The fourth-order valence-electron chi connectivity index (χ4n) is 2.65. The number of aryl methyl sites for hydroxylation is 2. The molecule has 0 aromatic carbocycles. The Balaban J connectivity index is 1.80. The minimum Gasteiger partial charge on any atom is -0.342 e. The number of thioether (sulfide) groups is 1. The van der Waals surface area contributed by atoms with E-state index in [1.54, 1.807) is 0 Å². The highest BCUT2D eigenvalue weighted by molar-refractivity contribution is 7.99. The highest BCUT2D eigenvalue weighted by atomic mass is 32.2. The summed E-state index contributed by atoms with van der Waals surface area (Å²) >= 11 is 1.44. The Morgan fingerprint density at radius 3 is 2.52 bits per heavy atom. The van der Waals surface area contributed by atoms with Gasteiger partial charge in [-0.1, -0.05) is 11.8 Å². The Bertz CT molecular complexity index is 466. The maximum absolute atomic E-state index is 12.2. The molecule has 0 bridgehead atoms. The van der Waals surface area contributed by atoms with Gasteiger partial charge in [0, 0.05) is 24.5 Å². The first-order valence-corrected chi connectivity index (χ1v) is 8.44. The molecule has 0 unspecified atom stereocenters. The molecule has 0 radical (unpaired) electrons. The molecule has 1 aromatic rings. The number of aromatic nitrogens is 2. The Labute approximate surface area is 130 Å². The number of hydrogen-bond donors (Lipinski definition) is 1. The van der Waals surface area contributed by atoms with Crippen LogP contribution in [0.5, 0.6) is 0 Å². The molecule has 0 aliphatic carbocycles. The van der Waals surface area contributed by atoms with Crippen molar-refractivity contribution < 1.29 is 4.79 Å². The van der Waals surface area contributed by atoms with E-state index in [0.29, 0.717) is 16.8 Å². The molecule has 0 saturated carbocycles. The average molecular weight is 308 g/mol. The second-order valence-corrected chi connectivity index (χ2v) is 6.55. The predicted molar refractivity (Wildman–Crippen MR) is 85.5 cm³/mol. The molecule has 1 aliphatic heterocycles. The zero-order valence-corrected chi connectivity index (χ0v) is 13.9. The maximum atomic E-state index is 12.2. The molecule has 1 fully saturated rings. The average Bonchev–Trinajstić information content (AvgIpc) is 2.45. The van der Waals surface area contributed by atoms with Crippen molar-refractivity contribution in [2.75, 3.05) is 32.4 Å².